The lowest BCUT2D eigenvalue weighted by atomic mass is 9.65. The second kappa shape index (κ2) is 4.86. The number of hydrogen-bond donors (Lipinski definition) is 1. The van der Waals surface area contributed by atoms with Gasteiger partial charge in [-0.2, -0.15) is 5.26 Å². The van der Waals surface area contributed by atoms with E-state index in [1.54, 1.807) is 12.1 Å². The predicted molar refractivity (Wildman–Crippen MR) is 74.4 cm³/mol. The Morgan fingerprint density at radius 1 is 1.10 bits per heavy atom. The predicted octanol–water partition coefficient (Wildman–Crippen LogP) is 3.82. The van der Waals surface area contributed by atoms with Crippen molar-refractivity contribution >= 4 is 0 Å². The van der Waals surface area contributed by atoms with E-state index in [1.807, 2.05) is 0 Å². The van der Waals surface area contributed by atoms with Crippen LogP contribution < -0.4 is 0 Å². The lowest BCUT2D eigenvalue weighted by Gasteiger charge is -2.40. The minimum atomic E-state index is -1.18. The third-order valence-electron chi connectivity index (χ3n) is 5.26. The summed E-state index contributed by atoms with van der Waals surface area (Å²) in [5, 5.41) is 21.1. The SMILES string of the molecule is N#CC1(C2(O)CCc3c(F)cccc32)CCCCCC1. The third-order valence-corrected chi connectivity index (χ3v) is 5.26. The van der Waals surface area contributed by atoms with Crippen molar-refractivity contribution in [1.82, 2.24) is 0 Å². The summed E-state index contributed by atoms with van der Waals surface area (Å²) in [5.41, 5.74) is -0.665. The molecule has 20 heavy (non-hydrogen) atoms. The number of rotatable bonds is 1. The maximum atomic E-state index is 13.9. The van der Waals surface area contributed by atoms with Gasteiger partial charge in [0.25, 0.3) is 0 Å². The Balaban J connectivity index is 2.09. The van der Waals surface area contributed by atoms with Crippen LogP contribution in [0.2, 0.25) is 0 Å². The van der Waals surface area contributed by atoms with Gasteiger partial charge in [0, 0.05) is 0 Å². The first kappa shape index (κ1) is 13.6. The first-order chi connectivity index (χ1) is 9.63. The lowest BCUT2D eigenvalue weighted by molar-refractivity contribution is -0.0681. The molecule has 1 atom stereocenters. The third kappa shape index (κ3) is 1.78. The van der Waals surface area contributed by atoms with E-state index in [-0.39, 0.29) is 5.82 Å². The zero-order chi connectivity index (χ0) is 14.2. The highest BCUT2D eigenvalue weighted by molar-refractivity contribution is 5.41. The fourth-order valence-corrected chi connectivity index (χ4v) is 4.09. The fraction of sp³-hybridized carbons (Fsp3) is 0.588. The average molecular weight is 273 g/mol. The molecule has 3 rings (SSSR count). The van der Waals surface area contributed by atoms with Crippen LogP contribution in [0.3, 0.4) is 0 Å². The molecule has 106 valence electrons. The lowest BCUT2D eigenvalue weighted by Crippen LogP contribution is -2.43. The molecule has 1 unspecified atom stereocenters. The monoisotopic (exact) mass is 273 g/mol. The Kier molecular flexibility index (Phi) is 3.30. The standard InChI is InChI=1S/C17H20FNO/c18-15-7-5-6-14-13(15)8-11-17(14,20)16(12-19)9-3-1-2-4-10-16/h5-7,20H,1-4,8-11H2. The van der Waals surface area contributed by atoms with Gasteiger partial charge >= 0.3 is 0 Å². The molecule has 2 nitrogen and oxygen atoms in total. The van der Waals surface area contributed by atoms with E-state index in [0.29, 0.717) is 24.0 Å². The van der Waals surface area contributed by atoms with E-state index in [9.17, 15) is 14.8 Å². The Morgan fingerprint density at radius 2 is 1.80 bits per heavy atom. The molecule has 2 aliphatic rings. The van der Waals surface area contributed by atoms with Crippen LogP contribution in [0.4, 0.5) is 4.39 Å². The Bertz CT molecular complexity index is 555. The Morgan fingerprint density at radius 3 is 2.45 bits per heavy atom. The van der Waals surface area contributed by atoms with Gasteiger partial charge in [-0.25, -0.2) is 4.39 Å². The van der Waals surface area contributed by atoms with Crippen LogP contribution in [0, 0.1) is 22.6 Å². The van der Waals surface area contributed by atoms with Crippen molar-refractivity contribution in [2.75, 3.05) is 0 Å². The number of benzene rings is 1. The summed E-state index contributed by atoms with van der Waals surface area (Å²) in [6.07, 6.45) is 6.62. The molecular weight excluding hydrogens is 253 g/mol. The molecule has 1 saturated carbocycles. The zero-order valence-electron chi connectivity index (χ0n) is 11.7. The molecule has 1 fully saturated rings. The van der Waals surface area contributed by atoms with E-state index in [4.69, 9.17) is 0 Å². The molecule has 1 aromatic carbocycles. The minimum Gasteiger partial charge on any atom is -0.383 e. The summed E-state index contributed by atoms with van der Waals surface area (Å²) in [7, 11) is 0. The first-order valence-electron chi connectivity index (χ1n) is 7.54. The number of nitriles is 1. The Labute approximate surface area is 119 Å². The smallest absolute Gasteiger partial charge is 0.126 e. The summed E-state index contributed by atoms with van der Waals surface area (Å²) in [6.45, 7) is 0. The zero-order valence-corrected chi connectivity index (χ0v) is 11.7. The van der Waals surface area contributed by atoms with Crippen LogP contribution in [0.25, 0.3) is 0 Å². The maximum Gasteiger partial charge on any atom is 0.126 e. The molecule has 0 spiro atoms. The number of fused-ring (bicyclic) bond motifs is 1. The minimum absolute atomic E-state index is 0.250. The summed E-state index contributed by atoms with van der Waals surface area (Å²) in [6, 6.07) is 7.32. The van der Waals surface area contributed by atoms with Crippen molar-refractivity contribution < 1.29 is 9.50 Å². The highest BCUT2D eigenvalue weighted by atomic mass is 19.1. The second-order valence-electron chi connectivity index (χ2n) is 6.23. The van der Waals surface area contributed by atoms with Gasteiger partial charge in [-0.3, -0.25) is 0 Å². The molecule has 3 heteroatoms. The number of nitrogens with zero attached hydrogens (tertiary/aromatic N) is 1. The molecule has 0 aromatic heterocycles. The van der Waals surface area contributed by atoms with Gasteiger partial charge in [-0.15, -0.1) is 0 Å². The van der Waals surface area contributed by atoms with Gasteiger partial charge in [-0.05, 0) is 42.9 Å². The van der Waals surface area contributed by atoms with Gasteiger partial charge in [0.2, 0.25) is 0 Å². The topological polar surface area (TPSA) is 44.0 Å². The normalized spacial score (nSPS) is 28.4. The van der Waals surface area contributed by atoms with Crippen LogP contribution in [0.5, 0.6) is 0 Å². The number of aliphatic hydroxyl groups is 1. The molecule has 1 N–H and O–H groups in total. The van der Waals surface area contributed by atoms with Gasteiger partial charge < -0.3 is 5.11 Å². The van der Waals surface area contributed by atoms with E-state index >= 15 is 0 Å². The number of halogens is 1. The maximum absolute atomic E-state index is 13.9. The van der Waals surface area contributed by atoms with Crippen molar-refractivity contribution in [1.29, 1.82) is 5.26 Å². The van der Waals surface area contributed by atoms with Crippen molar-refractivity contribution in [3.05, 3.63) is 35.1 Å². The summed E-state index contributed by atoms with van der Waals surface area (Å²) in [5.74, 6) is -0.250. The molecule has 1 aromatic rings. The molecule has 0 radical (unpaired) electrons. The summed E-state index contributed by atoms with van der Waals surface area (Å²) < 4.78 is 13.9. The fourth-order valence-electron chi connectivity index (χ4n) is 4.09. The van der Waals surface area contributed by atoms with Crippen molar-refractivity contribution in [3.8, 4) is 6.07 Å². The van der Waals surface area contributed by atoms with Gasteiger partial charge in [0.1, 0.15) is 11.4 Å². The highest BCUT2D eigenvalue weighted by Gasteiger charge is 2.54. The van der Waals surface area contributed by atoms with Crippen molar-refractivity contribution in [2.24, 2.45) is 5.41 Å². The van der Waals surface area contributed by atoms with Crippen LogP contribution in [0.1, 0.15) is 56.1 Å². The van der Waals surface area contributed by atoms with Gasteiger partial charge in [0.15, 0.2) is 0 Å². The quantitative estimate of drug-likeness (QED) is 0.790. The molecule has 2 aliphatic carbocycles. The molecule has 0 amide bonds. The summed E-state index contributed by atoms with van der Waals surface area (Å²) in [4.78, 5) is 0. The molecule has 0 heterocycles. The number of hydrogen-bond acceptors (Lipinski definition) is 2. The largest absolute Gasteiger partial charge is 0.383 e. The van der Waals surface area contributed by atoms with Gasteiger partial charge in [-0.1, -0.05) is 37.8 Å². The van der Waals surface area contributed by atoms with Crippen molar-refractivity contribution in [2.45, 2.75) is 57.0 Å². The molecular formula is C17H20FNO. The van der Waals surface area contributed by atoms with E-state index in [2.05, 4.69) is 6.07 Å². The first-order valence-corrected chi connectivity index (χ1v) is 7.54. The van der Waals surface area contributed by atoms with Crippen LogP contribution in [-0.4, -0.2) is 5.11 Å². The van der Waals surface area contributed by atoms with Crippen LogP contribution >= 0.6 is 0 Å². The van der Waals surface area contributed by atoms with E-state index in [1.165, 1.54) is 6.07 Å². The van der Waals surface area contributed by atoms with Crippen LogP contribution in [0.15, 0.2) is 18.2 Å². The molecule has 0 bridgehead atoms. The van der Waals surface area contributed by atoms with Gasteiger partial charge in [0.05, 0.1) is 11.5 Å². The van der Waals surface area contributed by atoms with E-state index in [0.717, 1.165) is 38.5 Å². The summed E-state index contributed by atoms with van der Waals surface area (Å²) >= 11 is 0. The van der Waals surface area contributed by atoms with Crippen LogP contribution in [-0.2, 0) is 12.0 Å². The molecule has 0 saturated heterocycles. The van der Waals surface area contributed by atoms with Crippen molar-refractivity contribution in [3.63, 3.8) is 0 Å². The Hall–Kier alpha value is -1.40. The average Bonchev–Trinajstić information content (AvgIpc) is 2.66. The molecule has 0 aliphatic heterocycles. The second-order valence-corrected chi connectivity index (χ2v) is 6.23. The van der Waals surface area contributed by atoms with E-state index < -0.39 is 11.0 Å². The highest BCUT2D eigenvalue weighted by Crippen LogP contribution is 2.54.